The van der Waals surface area contributed by atoms with Gasteiger partial charge in [-0.1, -0.05) is 26.0 Å². The first-order chi connectivity index (χ1) is 8.63. The van der Waals surface area contributed by atoms with Gasteiger partial charge in [0, 0.05) is 19.1 Å². The predicted octanol–water partition coefficient (Wildman–Crippen LogP) is 2.50. The van der Waals surface area contributed by atoms with Crippen molar-refractivity contribution in [1.82, 2.24) is 5.32 Å². The molecule has 0 aromatic rings. The third kappa shape index (κ3) is 5.67. The van der Waals surface area contributed by atoms with Crippen LogP contribution < -0.4 is 5.32 Å². The molecular formula is C15H27NO2. The van der Waals surface area contributed by atoms with Crippen LogP contribution in [0.15, 0.2) is 12.2 Å². The molecule has 0 saturated carbocycles. The number of aliphatic hydroxyl groups is 1. The Hall–Kier alpha value is -0.830. The number of amides is 1. The van der Waals surface area contributed by atoms with Gasteiger partial charge in [0.15, 0.2) is 0 Å². The molecule has 2 atom stereocenters. The summed E-state index contributed by atoms with van der Waals surface area (Å²) in [6, 6.07) is 0. The van der Waals surface area contributed by atoms with E-state index in [2.05, 4.69) is 31.3 Å². The van der Waals surface area contributed by atoms with E-state index in [0.717, 1.165) is 32.1 Å². The largest absolute Gasteiger partial charge is 0.396 e. The zero-order valence-corrected chi connectivity index (χ0v) is 11.7. The molecule has 1 rings (SSSR count). The highest BCUT2D eigenvalue weighted by Gasteiger charge is 2.19. The third-order valence-electron chi connectivity index (χ3n) is 3.55. The van der Waals surface area contributed by atoms with Crippen molar-refractivity contribution >= 4 is 5.91 Å². The van der Waals surface area contributed by atoms with Gasteiger partial charge < -0.3 is 10.4 Å². The van der Waals surface area contributed by atoms with Gasteiger partial charge in [-0.25, -0.2) is 0 Å². The molecule has 3 heteroatoms. The van der Waals surface area contributed by atoms with Crippen LogP contribution in [0.25, 0.3) is 0 Å². The van der Waals surface area contributed by atoms with Crippen molar-refractivity contribution in [3.05, 3.63) is 12.2 Å². The normalized spacial score (nSPS) is 21.0. The molecule has 0 fully saturated rings. The summed E-state index contributed by atoms with van der Waals surface area (Å²) in [6.07, 6.45) is 8.96. The van der Waals surface area contributed by atoms with Crippen molar-refractivity contribution in [1.29, 1.82) is 0 Å². The molecule has 0 aliphatic heterocycles. The number of nitrogens with one attached hydrogen (secondary N) is 1. The summed E-state index contributed by atoms with van der Waals surface area (Å²) in [4.78, 5) is 12.0. The van der Waals surface area contributed by atoms with Crippen molar-refractivity contribution in [2.24, 2.45) is 17.8 Å². The van der Waals surface area contributed by atoms with Crippen LogP contribution in [0.3, 0.4) is 0 Å². The van der Waals surface area contributed by atoms with E-state index >= 15 is 0 Å². The highest BCUT2D eigenvalue weighted by atomic mass is 16.3. The van der Waals surface area contributed by atoms with Gasteiger partial charge >= 0.3 is 0 Å². The van der Waals surface area contributed by atoms with Gasteiger partial charge in [-0.2, -0.15) is 0 Å². The predicted molar refractivity (Wildman–Crippen MR) is 74.1 cm³/mol. The molecule has 2 unspecified atom stereocenters. The second kappa shape index (κ2) is 8.30. The van der Waals surface area contributed by atoms with Crippen LogP contribution >= 0.6 is 0 Å². The van der Waals surface area contributed by atoms with Crippen LogP contribution in [0.2, 0.25) is 0 Å². The van der Waals surface area contributed by atoms with E-state index in [0.29, 0.717) is 18.4 Å². The van der Waals surface area contributed by atoms with Crippen LogP contribution in [0.5, 0.6) is 0 Å². The molecule has 3 nitrogen and oxygen atoms in total. The van der Waals surface area contributed by atoms with E-state index in [-0.39, 0.29) is 18.4 Å². The first-order valence-corrected chi connectivity index (χ1v) is 7.17. The molecule has 0 spiro atoms. The number of allylic oxidation sites excluding steroid dienone is 2. The average molecular weight is 253 g/mol. The molecule has 18 heavy (non-hydrogen) atoms. The summed E-state index contributed by atoms with van der Waals surface area (Å²) < 4.78 is 0. The average Bonchev–Trinajstić information content (AvgIpc) is 2.36. The summed E-state index contributed by atoms with van der Waals surface area (Å²) in [5.41, 5.74) is 0. The Morgan fingerprint density at radius 3 is 2.78 bits per heavy atom. The van der Waals surface area contributed by atoms with E-state index in [1.165, 1.54) is 0 Å². The van der Waals surface area contributed by atoms with Crippen molar-refractivity contribution in [2.75, 3.05) is 13.2 Å². The lowest BCUT2D eigenvalue weighted by Crippen LogP contribution is -2.35. The van der Waals surface area contributed by atoms with Gasteiger partial charge in [-0.05, 0) is 43.9 Å². The van der Waals surface area contributed by atoms with Crippen LogP contribution in [-0.4, -0.2) is 24.2 Å². The molecule has 0 aromatic carbocycles. The lowest BCUT2D eigenvalue weighted by Gasteiger charge is -2.22. The van der Waals surface area contributed by atoms with Crippen molar-refractivity contribution in [3.8, 4) is 0 Å². The van der Waals surface area contributed by atoms with E-state index < -0.39 is 0 Å². The molecule has 1 aliphatic rings. The van der Waals surface area contributed by atoms with Gasteiger partial charge in [0.25, 0.3) is 0 Å². The standard InChI is InChI=1S/C15H27NO2/c1-12(2)10-13(8-9-17)11-16-15(18)14-6-4-3-5-7-14/h3-4,12-14,17H,5-11H2,1-2H3,(H,16,18). The maximum Gasteiger partial charge on any atom is 0.223 e. The minimum Gasteiger partial charge on any atom is -0.396 e. The smallest absolute Gasteiger partial charge is 0.223 e. The maximum atomic E-state index is 12.0. The maximum absolute atomic E-state index is 12.0. The zero-order valence-electron chi connectivity index (χ0n) is 11.7. The Morgan fingerprint density at radius 2 is 2.22 bits per heavy atom. The van der Waals surface area contributed by atoms with Gasteiger partial charge in [-0.3, -0.25) is 4.79 Å². The summed E-state index contributed by atoms with van der Waals surface area (Å²) in [5, 5.41) is 12.1. The van der Waals surface area contributed by atoms with Crippen molar-refractivity contribution < 1.29 is 9.90 Å². The Morgan fingerprint density at radius 1 is 1.44 bits per heavy atom. The summed E-state index contributed by atoms with van der Waals surface area (Å²) in [7, 11) is 0. The molecule has 0 radical (unpaired) electrons. The molecular weight excluding hydrogens is 226 g/mol. The second-order valence-corrected chi connectivity index (χ2v) is 5.73. The topological polar surface area (TPSA) is 49.3 Å². The van der Waals surface area contributed by atoms with Gasteiger partial charge in [0.05, 0.1) is 0 Å². The Balaban J connectivity index is 2.31. The lowest BCUT2D eigenvalue weighted by atomic mass is 9.92. The molecule has 2 N–H and O–H groups in total. The van der Waals surface area contributed by atoms with Gasteiger partial charge in [-0.15, -0.1) is 0 Å². The minimum atomic E-state index is 0.156. The summed E-state index contributed by atoms with van der Waals surface area (Å²) >= 11 is 0. The second-order valence-electron chi connectivity index (χ2n) is 5.73. The van der Waals surface area contributed by atoms with Crippen molar-refractivity contribution in [3.63, 3.8) is 0 Å². The van der Waals surface area contributed by atoms with E-state index in [1.807, 2.05) is 0 Å². The fraction of sp³-hybridized carbons (Fsp3) is 0.800. The molecule has 0 saturated heterocycles. The number of carbonyl (C=O) groups excluding carboxylic acids is 1. The van der Waals surface area contributed by atoms with E-state index in [9.17, 15) is 4.79 Å². The lowest BCUT2D eigenvalue weighted by molar-refractivity contribution is -0.125. The van der Waals surface area contributed by atoms with Crippen LogP contribution in [0, 0.1) is 17.8 Å². The van der Waals surface area contributed by atoms with E-state index in [4.69, 9.17) is 5.11 Å². The van der Waals surface area contributed by atoms with Crippen LogP contribution in [0.4, 0.5) is 0 Å². The van der Waals surface area contributed by atoms with Crippen LogP contribution in [-0.2, 0) is 4.79 Å². The number of aliphatic hydroxyl groups excluding tert-OH is 1. The number of hydrogen-bond donors (Lipinski definition) is 2. The number of hydrogen-bond acceptors (Lipinski definition) is 2. The molecule has 104 valence electrons. The van der Waals surface area contributed by atoms with E-state index in [1.54, 1.807) is 0 Å². The molecule has 1 amide bonds. The minimum absolute atomic E-state index is 0.156. The van der Waals surface area contributed by atoms with Crippen LogP contribution in [0.1, 0.15) is 46.0 Å². The summed E-state index contributed by atoms with van der Waals surface area (Å²) in [5.74, 6) is 1.35. The quantitative estimate of drug-likeness (QED) is 0.685. The summed E-state index contributed by atoms with van der Waals surface area (Å²) in [6.45, 7) is 5.27. The molecule has 0 heterocycles. The fourth-order valence-corrected chi connectivity index (χ4v) is 2.57. The zero-order chi connectivity index (χ0) is 13.4. The molecule has 1 aliphatic carbocycles. The van der Waals surface area contributed by atoms with Gasteiger partial charge in [0.2, 0.25) is 5.91 Å². The Labute approximate surface area is 111 Å². The van der Waals surface area contributed by atoms with Gasteiger partial charge in [0.1, 0.15) is 0 Å². The SMILES string of the molecule is CC(C)CC(CCO)CNC(=O)C1CC=CCC1. The Bertz CT molecular complexity index is 274. The third-order valence-corrected chi connectivity index (χ3v) is 3.55. The van der Waals surface area contributed by atoms with Crippen molar-refractivity contribution in [2.45, 2.75) is 46.0 Å². The first-order valence-electron chi connectivity index (χ1n) is 7.17. The number of carbonyl (C=O) groups is 1. The molecule has 0 aromatic heterocycles. The Kier molecular flexibility index (Phi) is 7.02. The fourth-order valence-electron chi connectivity index (χ4n) is 2.57. The number of rotatable bonds is 7. The molecule has 0 bridgehead atoms. The first kappa shape index (κ1) is 15.2. The monoisotopic (exact) mass is 253 g/mol. The highest BCUT2D eigenvalue weighted by molar-refractivity contribution is 5.78. The highest BCUT2D eigenvalue weighted by Crippen LogP contribution is 2.19.